The number of anilines is 1. The van der Waals surface area contributed by atoms with Crippen LogP contribution in [-0.4, -0.2) is 64.5 Å². The Morgan fingerprint density at radius 2 is 2.23 bits per heavy atom. The van der Waals surface area contributed by atoms with Crippen LogP contribution < -0.4 is 4.90 Å². The average molecular weight is 302 g/mol. The van der Waals surface area contributed by atoms with Crippen LogP contribution in [0.2, 0.25) is 0 Å². The highest BCUT2D eigenvalue weighted by Crippen LogP contribution is 2.26. The summed E-state index contributed by atoms with van der Waals surface area (Å²) in [5.74, 6) is 0.671. The molecule has 3 heterocycles. The molecule has 8 nitrogen and oxygen atoms in total. The zero-order valence-corrected chi connectivity index (χ0v) is 12.6. The molecule has 1 aliphatic heterocycles. The molecule has 1 fully saturated rings. The fraction of sp³-hybridized carbons (Fsp3) is 0.429. The van der Waals surface area contributed by atoms with Crippen LogP contribution in [0.15, 0.2) is 24.9 Å². The van der Waals surface area contributed by atoms with Gasteiger partial charge < -0.3 is 19.5 Å². The van der Waals surface area contributed by atoms with Crippen molar-refractivity contribution in [1.29, 1.82) is 0 Å². The predicted molar refractivity (Wildman–Crippen MR) is 79.5 cm³/mol. The second kappa shape index (κ2) is 6.10. The number of amides is 1. The molecule has 116 valence electrons. The van der Waals surface area contributed by atoms with Gasteiger partial charge in [0, 0.05) is 33.0 Å². The van der Waals surface area contributed by atoms with Gasteiger partial charge in [-0.2, -0.15) is 0 Å². The minimum atomic E-state index is -0.285. The van der Waals surface area contributed by atoms with E-state index < -0.39 is 0 Å². The third-order valence-corrected chi connectivity index (χ3v) is 3.52. The fourth-order valence-electron chi connectivity index (χ4n) is 2.46. The number of H-pyrrole nitrogens is 1. The molecule has 0 aliphatic carbocycles. The van der Waals surface area contributed by atoms with Gasteiger partial charge in [0.1, 0.15) is 17.5 Å². The molecule has 0 spiro atoms. The van der Waals surface area contributed by atoms with Crippen LogP contribution in [0.25, 0.3) is 0 Å². The number of ether oxygens (including phenoxy) is 1. The molecular weight excluding hydrogens is 284 g/mol. The molecule has 1 N–H and O–H groups in total. The van der Waals surface area contributed by atoms with Crippen molar-refractivity contribution in [3.63, 3.8) is 0 Å². The number of carbonyl (C=O) groups is 1. The number of aromatic amines is 1. The van der Waals surface area contributed by atoms with Gasteiger partial charge in [-0.15, -0.1) is 0 Å². The fourth-order valence-corrected chi connectivity index (χ4v) is 2.46. The number of hydrogen-bond donors (Lipinski definition) is 1. The minimum Gasteiger partial charge on any atom is -0.368 e. The van der Waals surface area contributed by atoms with Gasteiger partial charge in [-0.05, 0) is 0 Å². The van der Waals surface area contributed by atoms with Gasteiger partial charge in [0.15, 0.2) is 5.82 Å². The van der Waals surface area contributed by atoms with E-state index >= 15 is 0 Å². The van der Waals surface area contributed by atoms with Crippen LogP contribution in [0.3, 0.4) is 0 Å². The van der Waals surface area contributed by atoms with Gasteiger partial charge in [-0.3, -0.25) is 9.78 Å². The molecule has 1 atom stereocenters. The minimum absolute atomic E-state index is 0.0823. The SMILES string of the molecule is CN(C)c1nccnc1[C@H]1CN(C(=O)c2cnc[nH]2)CCO1. The number of nitrogens with zero attached hydrogens (tertiary/aromatic N) is 5. The number of morpholine rings is 1. The Morgan fingerprint density at radius 1 is 1.41 bits per heavy atom. The summed E-state index contributed by atoms with van der Waals surface area (Å²) in [6.45, 7) is 1.46. The van der Waals surface area contributed by atoms with Gasteiger partial charge >= 0.3 is 0 Å². The van der Waals surface area contributed by atoms with Gasteiger partial charge in [0.25, 0.3) is 5.91 Å². The van der Waals surface area contributed by atoms with E-state index in [0.717, 1.165) is 11.5 Å². The van der Waals surface area contributed by atoms with Gasteiger partial charge in [0.2, 0.25) is 0 Å². The smallest absolute Gasteiger partial charge is 0.272 e. The highest BCUT2D eigenvalue weighted by Gasteiger charge is 2.29. The number of rotatable bonds is 3. The molecule has 0 aromatic carbocycles. The number of carbonyl (C=O) groups excluding carboxylic acids is 1. The molecule has 3 rings (SSSR count). The Morgan fingerprint density at radius 3 is 2.95 bits per heavy atom. The first-order valence-electron chi connectivity index (χ1n) is 7.04. The van der Waals surface area contributed by atoms with Crippen LogP contribution in [0.1, 0.15) is 22.3 Å². The maximum atomic E-state index is 12.4. The predicted octanol–water partition coefficient (Wildman–Crippen LogP) is 0.479. The van der Waals surface area contributed by atoms with E-state index in [1.165, 1.54) is 12.5 Å². The normalized spacial score (nSPS) is 18.3. The van der Waals surface area contributed by atoms with Crippen molar-refractivity contribution in [2.24, 2.45) is 0 Å². The lowest BCUT2D eigenvalue weighted by molar-refractivity contribution is -0.0247. The van der Waals surface area contributed by atoms with Crippen molar-refractivity contribution >= 4 is 11.7 Å². The van der Waals surface area contributed by atoms with Crippen molar-refractivity contribution in [2.75, 3.05) is 38.7 Å². The maximum absolute atomic E-state index is 12.4. The molecule has 8 heteroatoms. The number of aromatic nitrogens is 4. The van der Waals surface area contributed by atoms with Crippen LogP contribution in [-0.2, 0) is 4.74 Å². The largest absolute Gasteiger partial charge is 0.368 e. The summed E-state index contributed by atoms with van der Waals surface area (Å²) >= 11 is 0. The standard InChI is InChI=1S/C14H18N6O2/c1-19(2)13-12(16-3-4-17-13)11-8-20(5-6-22-11)14(21)10-7-15-9-18-10/h3-4,7,9,11H,5-6,8H2,1-2H3,(H,15,18)/t11-/m1/s1. The van der Waals surface area contributed by atoms with Gasteiger partial charge in [-0.1, -0.05) is 0 Å². The maximum Gasteiger partial charge on any atom is 0.272 e. The van der Waals surface area contributed by atoms with Crippen molar-refractivity contribution in [2.45, 2.75) is 6.10 Å². The molecular formula is C14H18N6O2. The number of nitrogens with one attached hydrogen (secondary N) is 1. The highest BCUT2D eigenvalue weighted by molar-refractivity contribution is 5.92. The summed E-state index contributed by atoms with van der Waals surface area (Å²) in [4.78, 5) is 31.5. The van der Waals surface area contributed by atoms with E-state index in [2.05, 4.69) is 19.9 Å². The molecule has 0 unspecified atom stereocenters. The number of imidazole rings is 1. The molecule has 0 bridgehead atoms. The van der Waals surface area contributed by atoms with E-state index in [9.17, 15) is 4.79 Å². The van der Waals surface area contributed by atoms with Crippen LogP contribution >= 0.6 is 0 Å². The van der Waals surface area contributed by atoms with Crippen LogP contribution in [0.5, 0.6) is 0 Å². The summed E-state index contributed by atoms with van der Waals surface area (Å²) in [6, 6.07) is 0. The van der Waals surface area contributed by atoms with E-state index in [4.69, 9.17) is 4.74 Å². The Kier molecular flexibility index (Phi) is 4.01. The molecule has 2 aromatic heterocycles. The molecule has 22 heavy (non-hydrogen) atoms. The highest BCUT2D eigenvalue weighted by atomic mass is 16.5. The molecule has 1 aliphatic rings. The first-order valence-corrected chi connectivity index (χ1v) is 7.04. The van der Waals surface area contributed by atoms with Crippen LogP contribution in [0.4, 0.5) is 5.82 Å². The van der Waals surface area contributed by atoms with E-state index in [0.29, 0.717) is 25.4 Å². The summed E-state index contributed by atoms with van der Waals surface area (Å²) in [6.07, 6.45) is 6.03. The Bertz CT molecular complexity index is 643. The van der Waals surface area contributed by atoms with Crippen molar-refractivity contribution in [1.82, 2.24) is 24.8 Å². The van der Waals surface area contributed by atoms with Crippen molar-refractivity contribution < 1.29 is 9.53 Å². The van der Waals surface area contributed by atoms with Gasteiger partial charge in [0.05, 0.1) is 25.7 Å². The lowest BCUT2D eigenvalue weighted by atomic mass is 10.2. The molecule has 2 aromatic rings. The van der Waals surface area contributed by atoms with E-state index in [-0.39, 0.29) is 12.0 Å². The van der Waals surface area contributed by atoms with E-state index in [1.54, 1.807) is 17.3 Å². The van der Waals surface area contributed by atoms with Gasteiger partial charge in [-0.25, -0.2) is 9.97 Å². The molecule has 1 saturated heterocycles. The zero-order valence-electron chi connectivity index (χ0n) is 12.6. The summed E-state index contributed by atoms with van der Waals surface area (Å²) in [5, 5.41) is 0. The topological polar surface area (TPSA) is 87.2 Å². The number of hydrogen-bond acceptors (Lipinski definition) is 6. The Labute approximate surface area is 128 Å². The molecule has 0 radical (unpaired) electrons. The van der Waals surface area contributed by atoms with Crippen LogP contribution in [0, 0.1) is 0 Å². The second-order valence-electron chi connectivity index (χ2n) is 5.24. The summed E-state index contributed by atoms with van der Waals surface area (Å²) in [5.41, 5.74) is 1.22. The first-order chi connectivity index (χ1) is 10.7. The Balaban J connectivity index is 1.80. The average Bonchev–Trinajstić information content (AvgIpc) is 3.08. The quantitative estimate of drug-likeness (QED) is 0.887. The molecule has 1 amide bonds. The first kappa shape index (κ1) is 14.5. The third-order valence-electron chi connectivity index (χ3n) is 3.52. The Hall–Kier alpha value is -2.48. The third kappa shape index (κ3) is 2.77. The van der Waals surface area contributed by atoms with Crippen molar-refractivity contribution in [3.05, 3.63) is 36.3 Å². The second-order valence-corrected chi connectivity index (χ2v) is 5.24. The lowest BCUT2D eigenvalue weighted by Gasteiger charge is -2.33. The van der Waals surface area contributed by atoms with E-state index in [1.807, 2.05) is 19.0 Å². The molecule has 0 saturated carbocycles. The summed E-state index contributed by atoms with van der Waals surface area (Å²) in [7, 11) is 3.81. The lowest BCUT2D eigenvalue weighted by Crippen LogP contribution is -2.43. The monoisotopic (exact) mass is 302 g/mol. The summed E-state index contributed by atoms with van der Waals surface area (Å²) < 4.78 is 5.80. The van der Waals surface area contributed by atoms with Crippen molar-refractivity contribution in [3.8, 4) is 0 Å². The zero-order chi connectivity index (χ0) is 15.5.